The fraction of sp³-hybridized carbons (Fsp3) is 0.955. The zero-order valence-electron chi connectivity index (χ0n) is 15.9. The van der Waals surface area contributed by atoms with Gasteiger partial charge in [-0.2, -0.15) is 0 Å². The molecule has 0 aromatic carbocycles. The molecule has 0 aliphatic heterocycles. The highest BCUT2D eigenvalue weighted by molar-refractivity contribution is 5.48. The van der Waals surface area contributed by atoms with E-state index >= 15 is 0 Å². The quantitative estimate of drug-likeness (QED) is 0.432. The van der Waals surface area contributed by atoms with Crippen LogP contribution < -0.4 is 0 Å². The third kappa shape index (κ3) is 2.91. The van der Waals surface area contributed by atoms with Gasteiger partial charge in [0.15, 0.2) is 0 Å². The Morgan fingerprint density at radius 2 is 1.74 bits per heavy atom. The van der Waals surface area contributed by atoms with Gasteiger partial charge in [-0.3, -0.25) is 0 Å². The SMILES string of the molecule is CC1CCC2C(CCC3(C)C(CCCCC=O)CCC23)C1(C)C. The maximum absolute atomic E-state index is 10.5. The summed E-state index contributed by atoms with van der Waals surface area (Å²) >= 11 is 0. The van der Waals surface area contributed by atoms with E-state index < -0.39 is 0 Å². The Hall–Kier alpha value is -0.330. The molecule has 3 fully saturated rings. The van der Waals surface area contributed by atoms with Crippen LogP contribution in [-0.4, -0.2) is 6.29 Å². The first-order valence-corrected chi connectivity index (χ1v) is 10.3. The Morgan fingerprint density at radius 3 is 2.48 bits per heavy atom. The van der Waals surface area contributed by atoms with Crippen molar-refractivity contribution >= 4 is 6.29 Å². The molecular formula is C22H38O. The molecule has 1 heteroatoms. The summed E-state index contributed by atoms with van der Waals surface area (Å²) in [6, 6.07) is 0. The lowest BCUT2D eigenvalue weighted by molar-refractivity contribution is -0.108. The molecule has 3 aliphatic carbocycles. The van der Waals surface area contributed by atoms with Crippen molar-refractivity contribution in [3.63, 3.8) is 0 Å². The normalized spacial score (nSPS) is 45.3. The highest BCUT2D eigenvalue weighted by Gasteiger charge is 2.57. The summed E-state index contributed by atoms with van der Waals surface area (Å²) in [4.78, 5) is 10.5. The summed E-state index contributed by atoms with van der Waals surface area (Å²) in [5, 5.41) is 0. The number of aldehydes is 1. The molecule has 23 heavy (non-hydrogen) atoms. The smallest absolute Gasteiger partial charge is 0.119 e. The number of unbranched alkanes of at least 4 members (excludes halogenated alkanes) is 2. The van der Waals surface area contributed by atoms with Crippen LogP contribution >= 0.6 is 0 Å². The predicted molar refractivity (Wildman–Crippen MR) is 97.2 cm³/mol. The van der Waals surface area contributed by atoms with Gasteiger partial charge in [0.1, 0.15) is 6.29 Å². The molecule has 3 saturated carbocycles. The Bertz CT molecular complexity index is 426. The number of carbonyl (C=O) groups excluding carboxylic acids is 1. The van der Waals surface area contributed by atoms with Gasteiger partial charge in [-0.05, 0) is 91.8 Å². The van der Waals surface area contributed by atoms with E-state index in [0.717, 1.165) is 48.7 Å². The fourth-order valence-electron chi connectivity index (χ4n) is 7.00. The summed E-state index contributed by atoms with van der Waals surface area (Å²) in [7, 11) is 0. The molecule has 0 spiro atoms. The molecule has 3 aliphatic rings. The van der Waals surface area contributed by atoms with Crippen molar-refractivity contribution in [1.82, 2.24) is 0 Å². The highest BCUT2D eigenvalue weighted by Crippen LogP contribution is 2.65. The second-order valence-corrected chi connectivity index (χ2v) is 9.95. The van der Waals surface area contributed by atoms with Crippen LogP contribution in [0.15, 0.2) is 0 Å². The molecule has 0 aromatic rings. The van der Waals surface area contributed by atoms with E-state index in [4.69, 9.17) is 0 Å². The Labute approximate surface area is 144 Å². The zero-order valence-corrected chi connectivity index (χ0v) is 15.9. The van der Waals surface area contributed by atoms with E-state index in [1.807, 2.05) is 0 Å². The van der Waals surface area contributed by atoms with Crippen LogP contribution in [0.25, 0.3) is 0 Å². The predicted octanol–water partition coefficient (Wildman–Crippen LogP) is 6.26. The summed E-state index contributed by atoms with van der Waals surface area (Å²) in [5.41, 5.74) is 1.16. The molecule has 3 rings (SSSR count). The van der Waals surface area contributed by atoms with Crippen LogP contribution in [-0.2, 0) is 4.79 Å². The minimum Gasteiger partial charge on any atom is -0.303 e. The standard InChI is InChI=1S/C22H38O/c1-16-9-11-18-19(21(16,2)3)13-14-22(4)17(10-12-20(18)22)8-6-5-7-15-23/h15-20H,5-14H2,1-4H3. The number of fused-ring (bicyclic) bond motifs is 3. The lowest BCUT2D eigenvalue weighted by Gasteiger charge is -2.57. The van der Waals surface area contributed by atoms with E-state index in [2.05, 4.69) is 27.7 Å². The van der Waals surface area contributed by atoms with Gasteiger partial charge in [-0.1, -0.05) is 34.1 Å². The number of rotatable bonds is 5. The molecule has 0 heterocycles. The third-order valence-electron chi connectivity index (χ3n) is 8.92. The molecule has 1 nitrogen and oxygen atoms in total. The Kier molecular flexibility index (Phi) is 4.96. The van der Waals surface area contributed by atoms with Crippen LogP contribution in [0.1, 0.15) is 91.9 Å². The molecule has 0 amide bonds. The van der Waals surface area contributed by atoms with Gasteiger partial charge in [-0.25, -0.2) is 0 Å². The van der Waals surface area contributed by atoms with Crippen molar-refractivity contribution in [2.24, 2.45) is 40.4 Å². The molecule has 0 bridgehead atoms. The van der Waals surface area contributed by atoms with Gasteiger partial charge in [-0.15, -0.1) is 0 Å². The van der Waals surface area contributed by atoms with E-state index in [1.54, 1.807) is 0 Å². The van der Waals surface area contributed by atoms with Crippen molar-refractivity contribution in [2.75, 3.05) is 0 Å². The summed E-state index contributed by atoms with van der Waals surface area (Å²) in [6.45, 7) is 10.2. The molecule has 6 unspecified atom stereocenters. The lowest BCUT2D eigenvalue weighted by Crippen LogP contribution is -2.50. The Balaban J connectivity index is 1.69. The third-order valence-corrected chi connectivity index (χ3v) is 8.92. The molecule has 6 atom stereocenters. The van der Waals surface area contributed by atoms with Crippen LogP contribution in [0, 0.1) is 40.4 Å². The first-order valence-electron chi connectivity index (χ1n) is 10.3. The number of hydrogen-bond acceptors (Lipinski definition) is 1. The highest BCUT2D eigenvalue weighted by atomic mass is 16.1. The molecule has 0 aromatic heterocycles. The second kappa shape index (κ2) is 6.52. The topological polar surface area (TPSA) is 17.1 Å². The molecule has 0 saturated heterocycles. The average molecular weight is 319 g/mol. The van der Waals surface area contributed by atoms with Crippen LogP contribution in [0.3, 0.4) is 0 Å². The van der Waals surface area contributed by atoms with Crippen molar-refractivity contribution in [2.45, 2.75) is 91.9 Å². The van der Waals surface area contributed by atoms with E-state index in [1.165, 1.54) is 51.4 Å². The minimum atomic E-state index is 0.548. The first kappa shape index (κ1) is 17.5. The summed E-state index contributed by atoms with van der Waals surface area (Å²) in [5.74, 6) is 4.79. The monoisotopic (exact) mass is 318 g/mol. The van der Waals surface area contributed by atoms with E-state index in [9.17, 15) is 4.79 Å². The lowest BCUT2D eigenvalue weighted by atomic mass is 9.47. The fourth-order valence-corrected chi connectivity index (χ4v) is 7.00. The van der Waals surface area contributed by atoms with E-state index in [-0.39, 0.29) is 0 Å². The summed E-state index contributed by atoms with van der Waals surface area (Å²) in [6.07, 6.45) is 14.4. The van der Waals surface area contributed by atoms with Crippen molar-refractivity contribution in [3.8, 4) is 0 Å². The maximum atomic E-state index is 10.5. The zero-order chi connectivity index (χ0) is 16.7. The maximum Gasteiger partial charge on any atom is 0.119 e. The van der Waals surface area contributed by atoms with Crippen molar-refractivity contribution in [1.29, 1.82) is 0 Å². The largest absolute Gasteiger partial charge is 0.303 e. The van der Waals surface area contributed by atoms with Crippen molar-refractivity contribution < 1.29 is 4.79 Å². The van der Waals surface area contributed by atoms with Gasteiger partial charge in [0, 0.05) is 6.42 Å². The van der Waals surface area contributed by atoms with Gasteiger partial charge >= 0.3 is 0 Å². The van der Waals surface area contributed by atoms with E-state index in [0.29, 0.717) is 10.8 Å². The molecular weight excluding hydrogens is 280 g/mol. The second-order valence-electron chi connectivity index (χ2n) is 9.95. The number of carbonyl (C=O) groups is 1. The van der Waals surface area contributed by atoms with Gasteiger partial charge in [0.05, 0.1) is 0 Å². The van der Waals surface area contributed by atoms with Gasteiger partial charge in [0.2, 0.25) is 0 Å². The first-order chi connectivity index (χ1) is 10.9. The van der Waals surface area contributed by atoms with Crippen LogP contribution in [0.2, 0.25) is 0 Å². The minimum absolute atomic E-state index is 0.548. The molecule has 132 valence electrons. The summed E-state index contributed by atoms with van der Waals surface area (Å²) < 4.78 is 0. The molecule has 0 radical (unpaired) electrons. The van der Waals surface area contributed by atoms with Crippen LogP contribution in [0.4, 0.5) is 0 Å². The Morgan fingerprint density at radius 1 is 0.957 bits per heavy atom. The van der Waals surface area contributed by atoms with Gasteiger partial charge in [0.25, 0.3) is 0 Å². The number of hydrogen-bond donors (Lipinski definition) is 0. The van der Waals surface area contributed by atoms with Crippen LogP contribution in [0.5, 0.6) is 0 Å². The average Bonchev–Trinajstić information content (AvgIpc) is 2.84. The molecule has 0 N–H and O–H groups in total. The van der Waals surface area contributed by atoms with Crippen molar-refractivity contribution in [3.05, 3.63) is 0 Å². The van der Waals surface area contributed by atoms with Gasteiger partial charge < -0.3 is 4.79 Å².